The van der Waals surface area contributed by atoms with Gasteiger partial charge < -0.3 is 10.5 Å². The Morgan fingerprint density at radius 1 is 1.50 bits per heavy atom. The normalized spacial score (nSPS) is 12.7. The molecule has 1 unspecified atom stereocenters. The molecule has 1 aromatic rings. The number of rotatable bonds is 4. The highest BCUT2D eigenvalue weighted by Gasteiger charge is 2.08. The molecule has 0 amide bonds. The molecular formula is C10H15NO2S. The van der Waals surface area contributed by atoms with Gasteiger partial charge in [0, 0.05) is 17.2 Å². The molecule has 0 aliphatic carbocycles. The van der Waals surface area contributed by atoms with Crippen molar-refractivity contribution >= 4 is 16.5 Å². The largest absolute Gasteiger partial charge is 0.398 e. The second kappa shape index (κ2) is 5.12. The van der Waals surface area contributed by atoms with Gasteiger partial charge in [-0.25, -0.2) is 0 Å². The van der Waals surface area contributed by atoms with Crippen LogP contribution in [0.1, 0.15) is 12.5 Å². The quantitative estimate of drug-likeness (QED) is 0.774. The molecule has 2 N–H and O–H groups in total. The Hall–Kier alpha value is -0.870. The minimum absolute atomic E-state index is 0.237. The van der Waals surface area contributed by atoms with Crippen molar-refractivity contribution in [3.63, 3.8) is 0 Å². The van der Waals surface area contributed by atoms with Crippen LogP contribution in [0.25, 0.3) is 0 Å². The monoisotopic (exact) mass is 213 g/mol. The number of benzene rings is 1. The van der Waals surface area contributed by atoms with Gasteiger partial charge >= 0.3 is 0 Å². The van der Waals surface area contributed by atoms with Crippen LogP contribution in [0.3, 0.4) is 0 Å². The Bertz CT molecular complexity index is 339. The summed E-state index contributed by atoms with van der Waals surface area (Å²) in [5.41, 5.74) is 7.27. The Labute approximate surface area is 86.7 Å². The molecule has 0 aliphatic rings. The van der Waals surface area contributed by atoms with Crippen LogP contribution < -0.4 is 5.73 Å². The van der Waals surface area contributed by atoms with Gasteiger partial charge in [0.1, 0.15) is 5.94 Å². The summed E-state index contributed by atoms with van der Waals surface area (Å²) in [4.78, 5) is 0.762. The lowest BCUT2D eigenvalue weighted by atomic mass is 10.2. The van der Waals surface area contributed by atoms with Crippen molar-refractivity contribution in [1.29, 1.82) is 0 Å². The summed E-state index contributed by atoms with van der Waals surface area (Å²) in [7, 11) is -1.11. The number of nitrogen functional groups attached to an aromatic ring is 1. The molecule has 0 aliphatic heterocycles. The first-order valence-corrected chi connectivity index (χ1v) is 5.80. The molecule has 14 heavy (non-hydrogen) atoms. The smallest absolute Gasteiger partial charge is 0.126 e. The molecule has 3 nitrogen and oxygen atoms in total. The van der Waals surface area contributed by atoms with Gasteiger partial charge in [-0.15, -0.1) is 0 Å². The molecule has 1 aromatic carbocycles. The third-order valence-electron chi connectivity index (χ3n) is 1.97. The molecule has 0 aromatic heterocycles. The van der Waals surface area contributed by atoms with Crippen molar-refractivity contribution in [2.75, 3.05) is 18.3 Å². The van der Waals surface area contributed by atoms with E-state index in [9.17, 15) is 4.21 Å². The fraction of sp³-hybridized carbons (Fsp3) is 0.400. The van der Waals surface area contributed by atoms with Gasteiger partial charge in [-0.05, 0) is 31.5 Å². The molecule has 0 bridgehead atoms. The molecule has 1 atom stereocenters. The maximum atomic E-state index is 11.7. The number of hydrogen-bond donors (Lipinski definition) is 1. The fourth-order valence-electron chi connectivity index (χ4n) is 1.10. The first-order valence-electron chi connectivity index (χ1n) is 4.48. The maximum Gasteiger partial charge on any atom is 0.126 e. The maximum absolute atomic E-state index is 11.7. The van der Waals surface area contributed by atoms with Crippen LogP contribution in [-0.2, 0) is 15.5 Å². The van der Waals surface area contributed by atoms with E-state index in [2.05, 4.69) is 0 Å². The van der Waals surface area contributed by atoms with Gasteiger partial charge in [0.2, 0.25) is 0 Å². The van der Waals surface area contributed by atoms with Crippen LogP contribution in [0.5, 0.6) is 0 Å². The van der Waals surface area contributed by atoms with Gasteiger partial charge in [0.15, 0.2) is 0 Å². The predicted octanol–water partition coefficient (Wildman–Crippen LogP) is 1.68. The Balaban J connectivity index is 2.84. The van der Waals surface area contributed by atoms with Crippen LogP contribution >= 0.6 is 0 Å². The lowest BCUT2D eigenvalue weighted by molar-refractivity contribution is 0.196. The van der Waals surface area contributed by atoms with Crippen LogP contribution in [0.4, 0.5) is 5.69 Å². The molecule has 0 saturated carbocycles. The molecule has 0 saturated heterocycles. The molecule has 0 spiro atoms. The topological polar surface area (TPSA) is 52.3 Å². The highest BCUT2D eigenvalue weighted by Crippen LogP contribution is 2.19. The highest BCUT2D eigenvalue weighted by atomic mass is 32.2. The first-order chi connectivity index (χ1) is 6.66. The van der Waals surface area contributed by atoms with E-state index >= 15 is 0 Å². The molecule has 0 radical (unpaired) electrons. The van der Waals surface area contributed by atoms with E-state index in [0.29, 0.717) is 12.3 Å². The van der Waals surface area contributed by atoms with Crippen LogP contribution in [-0.4, -0.2) is 16.8 Å². The van der Waals surface area contributed by atoms with E-state index in [1.165, 1.54) is 0 Å². The minimum atomic E-state index is -1.11. The summed E-state index contributed by atoms with van der Waals surface area (Å²) in [5, 5.41) is 0. The van der Waals surface area contributed by atoms with Gasteiger partial charge in [-0.1, -0.05) is 6.07 Å². The first kappa shape index (κ1) is 11.2. The Kier molecular flexibility index (Phi) is 4.10. The Morgan fingerprint density at radius 2 is 2.21 bits per heavy atom. The number of nitrogens with two attached hydrogens (primary N) is 1. The summed E-state index contributed by atoms with van der Waals surface area (Å²) in [5.74, 6) is 0.237. The number of hydrogen-bond acceptors (Lipinski definition) is 3. The molecule has 4 heteroatoms. The van der Waals surface area contributed by atoms with E-state index in [4.69, 9.17) is 10.5 Å². The average molecular weight is 213 g/mol. The molecule has 78 valence electrons. The molecular weight excluding hydrogens is 198 g/mol. The van der Waals surface area contributed by atoms with Gasteiger partial charge in [0.05, 0.1) is 10.8 Å². The zero-order valence-corrected chi connectivity index (χ0v) is 9.26. The highest BCUT2D eigenvalue weighted by molar-refractivity contribution is 7.85. The van der Waals surface area contributed by atoms with Crippen molar-refractivity contribution in [3.05, 3.63) is 23.8 Å². The van der Waals surface area contributed by atoms with Crippen molar-refractivity contribution < 1.29 is 8.95 Å². The molecule has 0 heterocycles. The third kappa shape index (κ3) is 2.56. The molecule has 1 rings (SSSR count). The van der Waals surface area contributed by atoms with Crippen molar-refractivity contribution in [1.82, 2.24) is 0 Å². The summed E-state index contributed by atoms with van der Waals surface area (Å²) in [6.07, 6.45) is 0. The van der Waals surface area contributed by atoms with E-state index in [1.807, 2.05) is 26.0 Å². The second-order valence-electron chi connectivity index (χ2n) is 2.93. The SMILES string of the molecule is CCOCS(=O)c1cccc(N)c1C. The van der Waals surface area contributed by atoms with Gasteiger partial charge in [0.25, 0.3) is 0 Å². The van der Waals surface area contributed by atoms with Crippen LogP contribution in [0, 0.1) is 6.92 Å². The van der Waals surface area contributed by atoms with Crippen molar-refractivity contribution in [2.45, 2.75) is 18.7 Å². The van der Waals surface area contributed by atoms with Crippen molar-refractivity contribution in [2.24, 2.45) is 0 Å². The fourth-order valence-corrected chi connectivity index (χ4v) is 2.24. The summed E-state index contributed by atoms with van der Waals surface area (Å²) >= 11 is 0. The minimum Gasteiger partial charge on any atom is -0.398 e. The number of anilines is 1. The van der Waals surface area contributed by atoms with Crippen LogP contribution in [0.2, 0.25) is 0 Å². The third-order valence-corrected chi connectivity index (χ3v) is 3.28. The van der Waals surface area contributed by atoms with Crippen molar-refractivity contribution in [3.8, 4) is 0 Å². The second-order valence-corrected chi connectivity index (χ2v) is 4.29. The van der Waals surface area contributed by atoms with Crippen LogP contribution in [0.15, 0.2) is 23.1 Å². The summed E-state index contributed by atoms with van der Waals surface area (Å²) < 4.78 is 16.8. The molecule has 0 fully saturated rings. The van der Waals surface area contributed by atoms with E-state index in [-0.39, 0.29) is 5.94 Å². The standard InChI is InChI=1S/C10H15NO2S/c1-3-13-7-14(12)10-6-4-5-9(11)8(10)2/h4-6H,3,7,11H2,1-2H3. The predicted molar refractivity (Wildman–Crippen MR) is 58.5 cm³/mol. The lowest BCUT2D eigenvalue weighted by Crippen LogP contribution is -2.05. The lowest BCUT2D eigenvalue weighted by Gasteiger charge is -2.07. The zero-order chi connectivity index (χ0) is 10.6. The average Bonchev–Trinajstić information content (AvgIpc) is 2.18. The number of ether oxygens (including phenoxy) is 1. The zero-order valence-electron chi connectivity index (χ0n) is 8.45. The van der Waals surface area contributed by atoms with E-state index in [1.54, 1.807) is 6.07 Å². The van der Waals surface area contributed by atoms with Gasteiger partial charge in [-0.2, -0.15) is 0 Å². The van der Waals surface area contributed by atoms with E-state index < -0.39 is 10.8 Å². The van der Waals surface area contributed by atoms with Gasteiger partial charge in [-0.3, -0.25) is 4.21 Å². The summed E-state index contributed by atoms with van der Waals surface area (Å²) in [6, 6.07) is 5.43. The summed E-state index contributed by atoms with van der Waals surface area (Å²) in [6.45, 7) is 4.32. The Morgan fingerprint density at radius 3 is 2.86 bits per heavy atom. The van der Waals surface area contributed by atoms with E-state index in [0.717, 1.165) is 10.5 Å².